The fraction of sp³-hybridized carbons (Fsp3) is 0.381. The van der Waals surface area contributed by atoms with Gasteiger partial charge in [0.05, 0.1) is 7.11 Å². The van der Waals surface area contributed by atoms with Gasteiger partial charge in [-0.2, -0.15) is 5.10 Å². The maximum absolute atomic E-state index is 8.36. The molecule has 2 aromatic heterocycles. The molecule has 0 radical (unpaired) electrons. The summed E-state index contributed by atoms with van der Waals surface area (Å²) in [5, 5.41) is 14.6. The summed E-state index contributed by atoms with van der Waals surface area (Å²) in [6.45, 7) is 2.69. The van der Waals surface area contributed by atoms with Crippen molar-refractivity contribution in [2.45, 2.75) is 25.4 Å². The van der Waals surface area contributed by atoms with Crippen molar-refractivity contribution in [1.29, 1.82) is 0 Å². The highest BCUT2D eigenvalue weighted by molar-refractivity contribution is 5.76. The smallest absolute Gasteiger partial charge is 0.290 e. The number of nitrogens with two attached hydrogens (primary N) is 2. The van der Waals surface area contributed by atoms with Gasteiger partial charge in [0.15, 0.2) is 5.82 Å². The number of carboxylic acid groups (broad SMARTS) is 1. The normalized spacial score (nSPS) is 14.1. The summed E-state index contributed by atoms with van der Waals surface area (Å²) in [6.07, 6.45) is 5.66. The first kappa shape index (κ1) is 24.1. The van der Waals surface area contributed by atoms with Crippen molar-refractivity contribution in [3.05, 3.63) is 48.4 Å². The summed E-state index contributed by atoms with van der Waals surface area (Å²) in [7, 11) is 3.16. The summed E-state index contributed by atoms with van der Waals surface area (Å²) in [6, 6.07) is 10.3. The maximum atomic E-state index is 8.36. The SMILES string of the molecule is CN.COc1cccc(Nc2ncnn3ccc(CN4CCC(N)CC4)c23)c1.O=CO. The highest BCUT2D eigenvalue weighted by atomic mass is 16.5. The van der Waals surface area contributed by atoms with Crippen molar-refractivity contribution in [2.24, 2.45) is 11.5 Å². The fourth-order valence-corrected chi connectivity index (χ4v) is 3.43. The molecule has 3 heterocycles. The molecule has 0 bridgehead atoms. The Labute approximate surface area is 181 Å². The van der Waals surface area contributed by atoms with Crippen molar-refractivity contribution in [2.75, 3.05) is 32.6 Å². The van der Waals surface area contributed by atoms with Gasteiger partial charge in [0, 0.05) is 30.5 Å². The van der Waals surface area contributed by atoms with Gasteiger partial charge in [0.25, 0.3) is 6.47 Å². The first-order valence-electron chi connectivity index (χ1n) is 10.0. The number of anilines is 2. The molecule has 10 heteroatoms. The van der Waals surface area contributed by atoms with Crippen LogP contribution in [0.15, 0.2) is 42.9 Å². The molecule has 6 N–H and O–H groups in total. The molecule has 0 amide bonds. The zero-order valence-electron chi connectivity index (χ0n) is 17.9. The van der Waals surface area contributed by atoms with Crippen molar-refractivity contribution in [3.63, 3.8) is 0 Å². The molecular formula is C21H31N7O3. The van der Waals surface area contributed by atoms with Crippen LogP contribution in [0.5, 0.6) is 5.75 Å². The number of fused-ring (bicyclic) bond motifs is 1. The van der Waals surface area contributed by atoms with E-state index < -0.39 is 0 Å². The van der Waals surface area contributed by atoms with E-state index >= 15 is 0 Å². The van der Waals surface area contributed by atoms with Gasteiger partial charge in [-0.25, -0.2) is 9.50 Å². The van der Waals surface area contributed by atoms with Crippen LogP contribution in [0.2, 0.25) is 0 Å². The summed E-state index contributed by atoms with van der Waals surface area (Å²) in [5.41, 5.74) is 13.7. The number of hydrogen-bond acceptors (Lipinski definition) is 8. The predicted octanol–water partition coefficient (Wildman–Crippen LogP) is 1.68. The van der Waals surface area contributed by atoms with Gasteiger partial charge in [-0.15, -0.1) is 0 Å². The Morgan fingerprint density at radius 2 is 2.00 bits per heavy atom. The number of rotatable bonds is 5. The fourth-order valence-electron chi connectivity index (χ4n) is 3.43. The van der Waals surface area contributed by atoms with Crippen LogP contribution in [-0.4, -0.2) is 64.4 Å². The van der Waals surface area contributed by atoms with Crippen LogP contribution in [0.25, 0.3) is 5.52 Å². The molecule has 1 saturated heterocycles. The van der Waals surface area contributed by atoms with Gasteiger partial charge in [-0.3, -0.25) is 9.69 Å². The van der Waals surface area contributed by atoms with Gasteiger partial charge in [-0.05, 0) is 56.7 Å². The van der Waals surface area contributed by atoms with Gasteiger partial charge >= 0.3 is 0 Å². The molecule has 0 aliphatic carbocycles. The van der Waals surface area contributed by atoms with E-state index in [4.69, 9.17) is 20.4 Å². The van der Waals surface area contributed by atoms with E-state index in [1.54, 1.807) is 13.4 Å². The molecule has 10 nitrogen and oxygen atoms in total. The third-order valence-corrected chi connectivity index (χ3v) is 4.90. The zero-order chi connectivity index (χ0) is 22.6. The Kier molecular flexibility index (Phi) is 9.69. The number of nitrogens with zero attached hydrogens (tertiary/aromatic N) is 4. The minimum absolute atomic E-state index is 0.250. The molecule has 1 fully saturated rings. The summed E-state index contributed by atoms with van der Waals surface area (Å²) in [4.78, 5) is 15.3. The molecule has 0 saturated carbocycles. The number of methoxy groups -OCH3 is 1. The molecule has 1 aromatic carbocycles. The summed E-state index contributed by atoms with van der Waals surface area (Å²) >= 11 is 0. The molecule has 1 aliphatic rings. The highest BCUT2D eigenvalue weighted by Crippen LogP contribution is 2.26. The largest absolute Gasteiger partial charge is 0.497 e. The lowest BCUT2D eigenvalue weighted by molar-refractivity contribution is -0.122. The van der Waals surface area contributed by atoms with Crippen LogP contribution in [-0.2, 0) is 11.3 Å². The van der Waals surface area contributed by atoms with Crippen molar-refractivity contribution >= 4 is 23.5 Å². The van der Waals surface area contributed by atoms with Crippen LogP contribution in [0.1, 0.15) is 18.4 Å². The van der Waals surface area contributed by atoms with Crippen molar-refractivity contribution < 1.29 is 14.6 Å². The second-order valence-electron chi connectivity index (χ2n) is 6.82. The lowest BCUT2D eigenvalue weighted by Gasteiger charge is -2.29. The van der Waals surface area contributed by atoms with Gasteiger partial charge in [-0.1, -0.05) is 6.07 Å². The average molecular weight is 430 g/mol. The Bertz CT molecular complexity index is 940. The number of benzene rings is 1. The van der Waals surface area contributed by atoms with Crippen LogP contribution >= 0.6 is 0 Å². The highest BCUT2D eigenvalue weighted by Gasteiger charge is 2.18. The number of ether oxygens (including phenoxy) is 1. The number of piperidine rings is 1. The number of aromatic nitrogens is 3. The molecule has 1 aliphatic heterocycles. The number of hydrogen-bond donors (Lipinski definition) is 4. The van der Waals surface area contributed by atoms with E-state index in [0.717, 1.165) is 55.2 Å². The Morgan fingerprint density at radius 3 is 2.68 bits per heavy atom. The molecular weight excluding hydrogens is 398 g/mol. The van der Waals surface area contributed by atoms with E-state index in [1.165, 1.54) is 12.6 Å². The minimum Gasteiger partial charge on any atom is -0.497 e. The molecule has 31 heavy (non-hydrogen) atoms. The Hall–Kier alpha value is -3.21. The van der Waals surface area contributed by atoms with Crippen LogP contribution < -0.4 is 21.5 Å². The van der Waals surface area contributed by atoms with Gasteiger partial charge < -0.3 is 26.6 Å². The van der Waals surface area contributed by atoms with E-state index in [1.807, 2.05) is 35.0 Å². The standard InChI is InChI=1S/C19H24N6O.CH5N.CH2O2/c1-26-17-4-2-3-16(11-17)23-19-18-14(5-10-25(18)22-13-21-19)12-24-8-6-15(20)7-9-24;1-2;2-1-3/h2-5,10-11,13,15H,6-9,12,20H2,1H3,(H,21,22,23);2H2,1H3;1H,(H,2,3). The van der Waals surface area contributed by atoms with Gasteiger partial charge in [0.2, 0.25) is 0 Å². The second kappa shape index (κ2) is 12.5. The maximum Gasteiger partial charge on any atom is 0.290 e. The van der Waals surface area contributed by atoms with Crippen molar-refractivity contribution in [1.82, 2.24) is 19.5 Å². The number of likely N-dealkylation sites (tertiary alicyclic amines) is 1. The third-order valence-electron chi connectivity index (χ3n) is 4.90. The van der Waals surface area contributed by atoms with Gasteiger partial charge in [0.1, 0.15) is 17.6 Å². The molecule has 4 rings (SSSR count). The average Bonchev–Trinajstić information content (AvgIpc) is 3.21. The quantitative estimate of drug-likeness (QED) is 0.445. The second-order valence-corrected chi connectivity index (χ2v) is 6.82. The van der Waals surface area contributed by atoms with Crippen molar-refractivity contribution in [3.8, 4) is 5.75 Å². The van der Waals surface area contributed by atoms with E-state index in [9.17, 15) is 0 Å². The molecule has 0 unspecified atom stereocenters. The topological polar surface area (TPSA) is 144 Å². The summed E-state index contributed by atoms with van der Waals surface area (Å²) < 4.78 is 7.18. The molecule has 0 atom stereocenters. The van der Waals surface area contributed by atoms with Crippen LogP contribution in [0, 0.1) is 0 Å². The monoisotopic (exact) mass is 429 g/mol. The summed E-state index contributed by atoms with van der Waals surface area (Å²) in [5.74, 6) is 1.60. The predicted molar refractivity (Wildman–Crippen MR) is 121 cm³/mol. The van der Waals surface area contributed by atoms with E-state index in [0.29, 0.717) is 6.04 Å². The number of carbonyl (C=O) groups is 1. The third kappa shape index (κ3) is 6.64. The number of nitrogens with one attached hydrogen (secondary N) is 1. The first-order valence-corrected chi connectivity index (χ1v) is 10.0. The lowest BCUT2D eigenvalue weighted by Crippen LogP contribution is -2.39. The van der Waals surface area contributed by atoms with Crippen LogP contribution in [0.3, 0.4) is 0 Å². The Balaban J connectivity index is 0.000000630. The lowest BCUT2D eigenvalue weighted by atomic mass is 10.1. The van der Waals surface area contributed by atoms with Crippen LogP contribution in [0.4, 0.5) is 11.5 Å². The minimum atomic E-state index is -0.250. The Morgan fingerprint density at radius 1 is 1.29 bits per heavy atom. The molecule has 3 aromatic rings. The van der Waals surface area contributed by atoms with E-state index in [2.05, 4.69) is 32.1 Å². The molecule has 0 spiro atoms. The van der Waals surface area contributed by atoms with E-state index in [-0.39, 0.29) is 6.47 Å². The zero-order valence-corrected chi connectivity index (χ0v) is 17.9. The molecule has 168 valence electrons. The first-order chi connectivity index (χ1) is 15.1.